The lowest BCUT2D eigenvalue weighted by Gasteiger charge is -2.18. The standard InChI is InChI=1S/C23H19N3O2/c24-22(27)21(26-23(28)20-11-5-6-12-25-20)14-19-17-9-3-1-7-15(17)13-16-8-2-4-10-18(16)19/h1-13,21H,14H2,(H2,24,27)(H,26,28)/t21-/m1/s1. The predicted octanol–water partition coefficient (Wildman–Crippen LogP) is 3.21. The van der Waals surface area contributed by atoms with E-state index in [0.717, 1.165) is 27.1 Å². The highest BCUT2D eigenvalue weighted by Crippen LogP contribution is 2.29. The number of carbonyl (C=O) groups is 2. The molecule has 4 aromatic rings. The number of carbonyl (C=O) groups excluding carboxylic acids is 2. The molecule has 0 aliphatic carbocycles. The molecule has 2 amide bonds. The predicted molar refractivity (Wildman–Crippen MR) is 110 cm³/mol. The van der Waals surface area contributed by atoms with Crippen molar-refractivity contribution in [2.45, 2.75) is 12.5 Å². The zero-order valence-corrected chi connectivity index (χ0v) is 15.1. The summed E-state index contributed by atoms with van der Waals surface area (Å²) in [5.41, 5.74) is 6.86. The van der Waals surface area contributed by atoms with Gasteiger partial charge in [-0.05, 0) is 45.3 Å². The van der Waals surface area contributed by atoms with E-state index in [1.165, 1.54) is 6.20 Å². The molecule has 0 radical (unpaired) electrons. The van der Waals surface area contributed by atoms with Crippen LogP contribution in [-0.4, -0.2) is 22.8 Å². The number of pyridine rings is 1. The molecule has 1 heterocycles. The summed E-state index contributed by atoms with van der Waals surface area (Å²) in [6.45, 7) is 0. The molecule has 0 saturated carbocycles. The summed E-state index contributed by atoms with van der Waals surface area (Å²) in [5.74, 6) is -1.00. The highest BCUT2D eigenvalue weighted by Gasteiger charge is 2.22. The van der Waals surface area contributed by atoms with Crippen LogP contribution in [0.2, 0.25) is 0 Å². The van der Waals surface area contributed by atoms with Gasteiger partial charge in [0.2, 0.25) is 5.91 Å². The molecule has 5 nitrogen and oxygen atoms in total. The molecule has 3 N–H and O–H groups in total. The minimum atomic E-state index is -0.844. The maximum atomic E-state index is 12.5. The van der Waals surface area contributed by atoms with E-state index in [-0.39, 0.29) is 5.69 Å². The van der Waals surface area contributed by atoms with Crippen LogP contribution in [0.3, 0.4) is 0 Å². The third kappa shape index (κ3) is 3.42. The molecule has 0 unspecified atom stereocenters. The Kier molecular flexibility index (Phi) is 4.72. The second-order valence-electron chi connectivity index (χ2n) is 6.64. The minimum Gasteiger partial charge on any atom is -0.368 e. The van der Waals surface area contributed by atoms with Gasteiger partial charge in [-0.15, -0.1) is 0 Å². The van der Waals surface area contributed by atoms with Gasteiger partial charge >= 0.3 is 0 Å². The normalized spacial score (nSPS) is 12.0. The molecule has 5 heteroatoms. The van der Waals surface area contributed by atoms with Crippen LogP contribution in [0.15, 0.2) is 79.0 Å². The Morgan fingerprint density at radius 2 is 1.50 bits per heavy atom. The molecule has 1 aromatic heterocycles. The van der Waals surface area contributed by atoms with E-state index < -0.39 is 17.9 Å². The van der Waals surface area contributed by atoms with Gasteiger partial charge in [0, 0.05) is 12.6 Å². The zero-order valence-electron chi connectivity index (χ0n) is 15.1. The number of nitrogens with zero attached hydrogens (tertiary/aromatic N) is 1. The van der Waals surface area contributed by atoms with E-state index in [0.29, 0.717) is 6.42 Å². The number of nitrogens with one attached hydrogen (secondary N) is 1. The molecular weight excluding hydrogens is 350 g/mol. The van der Waals surface area contributed by atoms with E-state index in [1.54, 1.807) is 18.2 Å². The summed E-state index contributed by atoms with van der Waals surface area (Å²) in [6.07, 6.45) is 1.84. The van der Waals surface area contributed by atoms with Crippen molar-refractivity contribution in [2.24, 2.45) is 5.73 Å². The maximum Gasteiger partial charge on any atom is 0.270 e. The first kappa shape index (κ1) is 17.7. The van der Waals surface area contributed by atoms with Crippen molar-refractivity contribution in [3.8, 4) is 0 Å². The van der Waals surface area contributed by atoms with Crippen LogP contribution < -0.4 is 11.1 Å². The molecule has 4 rings (SSSR count). The molecule has 0 aliphatic rings. The van der Waals surface area contributed by atoms with Crippen molar-refractivity contribution in [1.29, 1.82) is 0 Å². The van der Waals surface area contributed by atoms with Crippen molar-refractivity contribution < 1.29 is 9.59 Å². The Hall–Kier alpha value is -3.73. The molecule has 28 heavy (non-hydrogen) atoms. The van der Waals surface area contributed by atoms with Crippen LogP contribution in [-0.2, 0) is 11.2 Å². The second kappa shape index (κ2) is 7.48. The number of fused-ring (bicyclic) bond motifs is 2. The van der Waals surface area contributed by atoms with Gasteiger partial charge in [-0.1, -0.05) is 54.6 Å². The number of hydrogen-bond donors (Lipinski definition) is 2. The highest BCUT2D eigenvalue weighted by atomic mass is 16.2. The van der Waals surface area contributed by atoms with Gasteiger partial charge in [0.15, 0.2) is 0 Å². The van der Waals surface area contributed by atoms with E-state index in [4.69, 9.17) is 5.73 Å². The Labute approximate surface area is 162 Å². The van der Waals surface area contributed by atoms with Crippen LogP contribution >= 0.6 is 0 Å². The molecule has 0 fully saturated rings. The van der Waals surface area contributed by atoms with Crippen molar-refractivity contribution in [1.82, 2.24) is 10.3 Å². The van der Waals surface area contributed by atoms with Crippen LogP contribution in [0.25, 0.3) is 21.5 Å². The Bertz CT molecular complexity index is 1120. The molecule has 0 saturated heterocycles. The van der Waals surface area contributed by atoms with Gasteiger partial charge < -0.3 is 11.1 Å². The van der Waals surface area contributed by atoms with Gasteiger partial charge in [0.05, 0.1) is 0 Å². The fourth-order valence-electron chi connectivity index (χ4n) is 3.48. The molecule has 138 valence electrons. The quantitative estimate of drug-likeness (QED) is 0.530. The number of rotatable bonds is 5. The van der Waals surface area contributed by atoms with Gasteiger partial charge in [0.25, 0.3) is 5.91 Å². The van der Waals surface area contributed by atoms with Gasteiger partial charge in [0.1, 0.15) is 11.7 Å². The zero-order chi connectivity index (χ0) is 19.5. The second-order valence-corrected chi connectivity index (χ2v) is 6.64. The Morgan fingerprint density at radius 3 is 2.07 bits per heavy atom. The van der Waals surface area contributed by atoms with Crippen LogP contribution in [0.4, 0.5) is 0 Å². The van der Waals surface area contributed by atoms with Crippen LogP contribution in [0, 0.1) is 0 Å². The van der Waals surface area contributed by atoms with Crippen LogP contribution in [0.5, 0.6) is 0 Å². The van der Waals surface area contributed by atoms with Crippen molar-refractivity contribution in [3.05, 3.63) is 90.3 Å². The van der Waals surface area contributed by atoms with E-state index in [9.17, 15) is 9.59 Å². The van der Waals surface area contributed by atoms with Gasteiger partial charge in [-0.2, -0.15) is 0 Å². The number of amides is 2. The molecule has 0 spiro atoms. The third-order valence-corrected chi connectivity index (χ3v) is 4.84. The molecule has 3 aromatic carbocycles. The van der Waals surface area contributed by atoms with Crippen molar-refractivity contribution in [2.75, 3.05) is 0 Å². The number of primary amides is 1. The SMILES string of the molecule is NC(=O)[C@@H](Cc1c2ccccc2cc2ccccc12)NC(=O)c1ccccn1. The highest BCUT2D eigenvalue weighted by molar-refractivity contribution is 6.03. The first-order valence-corrected chi connectivity index (χ1v) is 9.04. The monoisotopic (exact) mass is 369 g/mol. The average molecular weight is 369 g/mol. The summed E-state index contributed by atoms with van der Waals surface area (Å²) in [4.78, 5) is 28.7. The van der Waals surface area contributed by atoms with Gasteiger partial charge in [-0.3, -0.25) is 14.6 Å². The summed E-state index contributed by atoms with van der Waals surface area (Å²) in [7, 11) is 0. The lowest BCUT2D eigenvalue weighted by atomic mass is 9.92. The summed E-state index contributed by atoms with van der Waals surface area (Å²) >= 11 is 0. The first-order chi connectivity index (χ1) is 13.6. The smallest absolute Gasteiger partial charge is 0.270 e. The minimum absolute atomic E-state index is 0.247. The summed E-state index contributed by atoms with van der Waals surface area (Å²) in [6, 6.07) is 22.3. The topological polar surface area (TPSA) is 85.1 Å². The lowest BCUT2D eigenvalue weighted by molar-refractivity contribution is -0.119. The molecule has 0 bridgehead atoms. The van der Waals surface area contributed by atoms with Crippen molar-refractivity contribution in [3.63, 3.8) is 0 Å². The lowest BCUT2D eigenvalue weighted by Crippen LogP contribution is -2.46. The fourth-order valence-corrected chi connectivity index (χ4v) is 3.48. The Morgan fingerprint density at radius 1 is 0.893 bits per heavy atom. The van der Waals surface area contributed by atoms with E-state index in [2.05, 4.69) is 16.4 Å². The van der Waals surface area contributed by atoms with E-state index >= 15 is 0 Å². The number of benzene rings is 3. The maximum absolute atomic E-state index is 12.5. The fraction of sp³-hybridized carbons (Fsp3) is 0.0870. The largest absolute Gasteiger partial charge is 0.368 e. The molecule has 1 atom stereocenters. The number of aromatic nitrogens is 1. The van der Waals surface area contributed by atoms with Gasteiger partial charge in [-0.25, -0.2) is 0 Å². The summed E-state index contributed by atoms with van der Waals surface area (Å²) < 4.78 is 0. The Balaban J connectivity index is 1.75. The average Bonchev–Trinajstić information content (AvgIpc) is 2.73. The van der Waals surface area contributed by atoms with Crippen molar-refractivity contribution >= 4 is 33.4 Å². The van der Waals surface area contributed by atoms with E-state index in [1.807, 2.05) is 48.5 Å². The van der Waals surface area contributed by atoms with Crippen LogP contribution in [0.1, 0.15) is 16.1 Å². The number of hydrogen-bond acceptors (Lipinski definition) is 3. The number of nitrogens with two attached hydrogens (primary N) is 1. The molecule has 0 aliphatic heterocycles. The first-order valence-electron chi connectivity index (χ1n) is 9.04. The third-order valence-electron chi connectivity index (χ3n) is 4.84. The molecular formula is C23H19N3O2. The summed E-state index contributed by atoms with van der Waals surface area (Å²) in [5, 5.41) is 6.98.